The van der Waals surface area contributed by atoms with E-state index in [0.717, 1.165) is 15.6 Å². The SMILES string of the molecule is CC(/C=C/c1ccccc1)=C\CSc1nc2ccccc2s1. The lowest BCUT2D eigenvalue weighted by Gasteiger charge is -1.95. The van der Waals surface area contributed by atoms with Gasteiger partial charge in [-0.3, -0.25) is 0 Å². The molecule has 110 valence electrons. The first-order valence-electron chi connectivity index (χ1n) is 7.19. The Hall–Kier alpha value is -1.84. The molecule has 2 aromatic carbocycles. The summed E-state index contributed by atoms with van der Waals surface area (Å²) in [7, 11) is 0. The van der Waals surface area contributed by atoms with E-state index in [4.69, 9.17) is 0 Å². The van der Waals surface area contributed by atoms with Gasteiger partial charge in [-0.05, 0) is 24.6 Å². The van der Waals surface area contributed by atoms with Gasteiger partial charge < -0.3 is 0 Å². The zero-order valence-corrected chi connectivity index (χ0v) is 14.0. The van der Waals surface area contributed by atoms with Gasteiger partial charge in [0.1, 0.15) is 0 Å². The average molecular weight is 323 g/mol. The van der Waals surface area contributed by atoms with Crippen molar-refractivity contribution < 1.29 is 0 Å². The van der Waals surface area contributed by atoms with E-state index in [1.54, 1.807) is 23.1 Å². The minimum atomic E-state index is 0.949. The second kappa shape index (κ2) is 7.43. The summed E-state index contributed by atoms with van der Waals surface area (Å²) >= 11 is 3.56. The number of hydrogen-bond donors (Lipinski definition) is 0. The second-order valence-corrected chi connectivity index (χ2v) is 7.25. The highest BCUT2D eigenvalue weighted by molar-refractivity contribution is 8.01. The molecule has 0 aliphatic heterocycles. The molecule has 0 unspecified atom stereocenters. The first-order valence-corrected chi connectivity index (χ1v) is 9.00. The third-order valence-corrected chi connectivity index (χ3v) is 5.33. The molecule has 0 N–H and O–H groups in total. The van der Waals surface area contributed by atoms with Crippen LogP contribution in [-0.2, 0) is 0 Å². The van der Waals surface area contributed by atoms with E-state index in [0.29, 0.717) is 0 Å². The molecule has 0 aliphatic rings. The molecule has 1 aromatic heterocycles. The minimum Gasteiger partial charge on any atom is -0.230 e. The van der Waals surface area contributed by atoms with Crippen LogP contribution in [0.15, 0.2) is 76.7 Å². The number of rotatable bonds is 5. The van der Waals surface area contributed by atoms with Gasteiger partial charge in [0.15, 0.2) is 4.34 Å². The van der Waals surface area contributed by atoms with Gasteiger partial charge in [0, 0.05) is 5.75 Å². The summed E-state index contributed by atoms with van der Waals surface area (Å²) in [4.78, 5) is 4.64. The third kappa shape index (κ3) is 4.09. The van der Waals surface area contributed by atoms with E-state index in [1.807, 2.05) is 12.1 Å². The molecule has 1 nitrogen and oxygen atoms in total. The smallest absolute Gasteiger partial charge is 0.151 e. The molecule has 3 heteroatoms. The minimum absolute atomic E-state index is 0.949. The van der Waals surface area contributed by atoms with Crippen LogP contribution in [0.4, 0.5) is 0 Å². The molecule has 0 fully saturated rings. The normalized spacial score (nSPS) is 12.3. The maximum absolute atomic E-state index is 4.64. The van der Waals surface area contributed by atoms with E-state index < -0.39 is 0 Å². The Balaban J connectivity index is 1.58. The van der Waals surface area contributed by atoms with Crippen LogP contribution in [0.1, 0.15) is 12.5 Å². The number of nitrogens with zero attached hydrogens (tertiary/aromatic N) is 1. The number of benzene rings is 2. The molecular weight excluding hydrogens is 306 g/mol. The summed E-state index contributed by atoms with van der Waals surface area (Å²) in [5.41, 5.74) is 3.60. The van der Waals surface area contributed by atoms with Crippen LogP contribution in [-0.4, -0.2) is 10.7 Å². The lowest BCUT2D eigenvalue weighted by atomic mass is 10.2. The Bertz CT molecular complexity index is 767. The molecule has 22 heavy (non-hydrogen) atoms. The fraction of sp³-hybridized carbons (Fsp3) is 0.105. The predicted octanol–water partition coefficient (Wildman–Crippen LogP) is 6.05. The monoisotopic (exact) mass is 323 g/mol. The molecule has 3 aromatic rings. The summed E-state index contributed by atoms with van der Waals surface area (Å²) < 4.78 is 2.40. The highest BCUT2D eigenvalue weighted by Crippen LogP contribution is 2.29. The van der Waals surface area contributed by atoms with Gasteiger partial charge in [0.2, 0.25) is 0 Å². The molecule has 3 rings (SSSR count). The number of thiazole rings is 1. The van der Waals surface area contributed by atoms with E-state index in [9.17, 15) is 0 Å². The Kier molecular flexibility index (Phi) is 5.09. The van der Waals surface area contributed by atoms with E-state index in [1.165, 1.54) is 15.8 Å². The first kappa shape index (κ1) is 15.1. The molecule has 0 amide bonds. The predicted molar refractivity (Wildman–Crippen MR) is 99.6 cm³/mol. The van der Waals surface area contributed by atoms with Gasteiger partial charge in [-0.1, -0.05) is 78.0 Å². The Morgan fingerprint density at radius 3 is 2.68 bits per heavy atom. The van der Waals surface area contributed by atoms with Crippen LogP contribution in [0.5, 0.6) is 0 Å². The van der Waals surface area contributed by atoms with E-state index in [2.05, 4.69) is 72.6 Å². The van der Waals surface area contributed by atoms with Crippen LogP contribution in [0, 0.1) is 0 Å². The Labute approximate surface area is 139 Å². The van der Waals surface area contributed by atoms with Gasteiger partial charge in [0.25, 0.3) is 0 Å². The van der Waals surface area contributed by atoms with Gasteiger partial charge in [-0.15, -0.1) is 11.3 Å². The lowest BCUT2D eigenvalue weighted by molar-refractivity contribution is 1.30. The number of para-hydroxylation sites is 1. The van der Waals surface area contributed by atoms with Crippen molar-refractivity contribution in [3.63, 3.8) is 0 Å². The van der Waals surface area contributed by atoms with Crippen LogP contribution in [0.25, 0.3) is 16.3 Å². The van der Waals surface area contributed by atoms with Gasteiger partial charge in [0.05, 0.1) is 10.2 Å². The lowest BCUT2D eigenvalue weighted by Crippen LogP contribution is -1.76. The summed E-state index contributed by atoms with van der Waals surface area (Å²) in [6.07, 6.45) is 6.55. The first-order chi connectivity index (χ1) is 10.8. The van der Waals surface area contributed by atoms with E-state index in [-0.39, 0.29) is 0 Å². The highest BCUT2D eigenvalue weighted by Gasteiger charge is 2.02. The van der Waals surface area contributed by atoms with Crippen LogP contribution < -0.4 is 0 Å². The fourth-order valence-corrected chi connectivity index (χ4v) is 4.07. The third-order valence-electron chi connectivity index (χ3n) is 3.22. The van der Waals surface area contributed by atoms with Crippen molar-refractivity contribution >= 4 is 39.4 Å². The van der Waals surface area contributed by atoms with Crippen LogP contribution in [0.2, 0.25) is 0 Å². The number of hydrogen-bond acceptors (Lipinski definition) is 3. The largest absolute Gasteiger partial charge is 0.230 e. The second-order valence-electron chi connectivity index (χ2n) is 4.95. The Morgan fingerprint density at radius 1 is 1.09 bits per heavy atom. The van der Waals surface area contributed by atoms with Crippen molar-refractivity contribution in [3.8, 4) is 0 Å². The maximum atomic E-state index is 4.64. The van der Waals surface area contributed by atoms with Crippen molar-refractivity contribution in [2.24, 2.45) is 0 Å². The van der Waals surface area contributed by atoms with Gasteiger partial charge in [-0.2, -0.15) is 0 Å². The fourth-order valence-electron chi connectivity index (χ4n) is 2.02. The number of aromatic nitrogens is 1. The average Bonchev–Trinajstić information content (AvgIpc) is 2.96. The molecular formula is C19H17NS2. The van der Waals surface area contributed by atoms with Crippen molar-refractivity contribution in [2.45, 2.75) is 11.3 Å². The Morgan fingerprint density at radius 2 is 1.86 bits per heavy atom. The van der Waals surface area contributed by atoms with Crippen molar-refractivity contribution in [1.29, 1.82) is 0 Å². The molecule has 0 saturated heterocycles. The number of thioether (sulfide) groups is 1. The topological polar surface area (TPSA) is 12.9 Å². The van der Waals surface area contributed by atoms with Crippen molar-refractivity contribution in [1.82, 2.24) is 4.98 Å². The zero-order chi connectivity index (χ0) is 15.2. The zero-order valence-electron chi connectivity index (χ0n) is 12.4. The standard InChI is InChI=1S/C19H17NS2/c1-15(11-12-16-7-3-2-4-8-16)13-14-21-19-20-17-9-5-6-10-18(17)22-19/h2-13H,14H2,1H3/b12-11+,15-13+. The number of allylic oxidation sites excluding steroid dienone is 2. The van der Waals surface area contributed by atoms with Gasteiger partial charge >= 0.3 is 0 Å². The molecule has 1 heterocycles. The summed E-state index contributed by atoms with van der Waals surface area (Å²) in [6.45, 7) is 2.14. The molecule has 0 spiro atoms. The molecule has 0 aliphatic carbocycles. The molecule has 0 radical (unpaired) electrons. The summed E-state index contributed by atoms with van der Waals surface area (Å²) in [5, 5.41) is 0. The van der Waals surface area contributed by atoms with Crippen molar-refractivity contribution in [3.05, 3.63) is 77.9 Å². The summed E-state index contributed by atoms with van der Waals surface area (Å²) in [6, 6.07) is 18.7. The quantitative estimate of drug-likeness (QED) is 0.419. The van der Waals surface area contributed by atoms with Gasteiger partial charge in [-0.25, -0.2) is 4.98 Å². The summed E-state index contributed by atoms with van der Waals surface area (Å²) in [5.74, 6) is 0.949. The van der Waals surface area contributed by atoms with Crippen LogP contribution >= 0.6 is 23.1 Å². The maximum Gasteiger partial charge on any atom is 0.151 e. The molecule has 0 bridgehead atoms. The van der Waals surface area contributed by atoms with E-state index >= 15 is 0 Å². The molecule has 0 saturated carbocycles. The highest BCUT2D eigenvalue weighted by atomic mass is 32.2. The number of fused-ring (bicyclic) bond motifs is 1. The molecule has 0 atom stereocenters. The van der Waals surface area contributed by atoms with Crippen molar-refractivity contribution in [2.75, 3.05) is 5.75 Å². The van der Waals surface area contributed by atoms with Crippen LogP contribution in [0.3, 0.4) is 0 Å².